The van der Waals surface area contributed by atoms with Gasteiger partial charge in [-0.25, -0.2) is 0 Å². The maximum atomic E-state index is 11.7. The van der Waals surface area contributed by atoms with Crippen molar-refractivity contribution in [2.24, 2.45) is 0 Å². The number of thiocarbonyl (C=S) groups is 1. The monoisotopic (exact) mass is 264 g/mol. The van der Waals surface area contributed by atoms with Gasteiger partial charge in [-0.05, 0) is 18.6 Å². The van der Waals surface area contributed by atoms with Gasteiger partial charge in [0.25, 0.3) is 5.91 Å². The summed E-state index contributed by atoms with van der Waals surface area (Å²) in [5.41, 5.74) is -2.42. The van der Waals surface area contributed by atoms with Crippen molar-refractivity contribution in [3.63, 3.8) is 0 Å². The third-order valence-electron chi connectivity index (χ3n) is 2.92. The van der Waals surface area contributed by atoms with E-state index < -0.39 is 30.1 Å². The van der Waals surface area contributed by atoms with Gasteiger partial charge >= 0.3 is 5.72 Å². The predicted octanol–water partition coefficient (Wildman–Crippen LogP) is -2.36. The smallest absolute Gasteiger partial charge is 0.301 e. The second-order valence-electron chi connectivity index (χ2n) is 3.99. The number of hydroxylamine groups is 2. The van der Waals surface area contributed by atoms with Gasteiger partial charge in [-0.3, -0.25) is 15.3 Å². The molecule has 2 atom stereocenters. The lowest BCUT2D eigenvalue weighted by molar-refractivity contribution is -0.381. The first-order chi connectivity index (χ1) is 7.85. The average molecular weight is 264 g/mol. The third kappa shape index (κ3) is 1.55. The average Bonchev–Trinajstić information content (AvgIpc) is 2.47. The van der Waals surface area contributed by atoms with Crippen LogP contribution in [0, 0.1) is 0 Å². The van der Waals surface area contributed by atoms with E-state index in [0.29, 0.717) is 0 Å². The quantitative estimate of drug-likeness (QED) is 0.263. The van der Waals surface area contributed by atoms with Crippen molar-refractivity contribution in [3.8, 4) is 0 Å². The molecule has 2 rings (SSSR count). The van der Waals surface area contributed by atoms with Gasteiger partial charge in [-0.2, -0.15) is 5.06 Å². The molecule has 1 amide bonds. The Bertz CT molecular complexity index is 375. The molecule has 0 aromatic carbocycles. The van der Waals surface area contributed by atoms with E-state index in [1.165, 1.54) is 0 Å². The fraction of sp³-hybridized carbons (Fsp3) is 0.750. The van der Waals surface area contributed by atoms with E-state index in [0.717, 1.165) is 0 Å². The lowest BCUT2D eigenvalue weighted by atomic mass is 9.91. The number of ether oxygens (including phenoxy) is 1. The minimum Gasteiger partial charge on any atom is -0.394 e. The Morgan fingerprint density at radius 1 is 1.59 bits per heavy atom. The molecule has 96 valence electrons. The van der Waals surface area contributed by atoms with Crippen LogP contribution in [0.3, 0.4) is 0 Å². The number of aliphatic hydroxyl groups excluding tert-OH is 1. The third-order valence-corrected chi connectivity index (χ3v) is 3.19. The van der Waals surface area contributed by atoms with E-state index in [-0.39, 0.29) is 23.0 Å². The maximum Gasteiger partial charge on any atom is 0.301 e. The molecule has 8 nitrogen and oxygen atoms in total. The summed E-state index contributed by atoms with van der Waals surface area (Å²) in [4.78, 5) is 11.7. The maximum absolute atomic E-state index is 11.7. The Labute approximate surface area is 101 Å². The van der Waals surface area contributed by atoms with Gasteiger partial charge in [0.2, 0.25) is 10.9 Å². The minimum atomic E-state index is -2.60. The fourth-order valence-electron chi connectivity index (χ4n) is 1.98. The second-order valence-corrected chi connectivity index (χ2v) is 4.38. The zero-order chi connectivity index (χ0) is 12.8. The molecule has 0 aromatic rings. The highest BCUT2D eigenvalue weighted by molar-refractivity contribution is 7.80. The molecule has 0 bridgehead atoms. The molecule has 5 N–H and O–H groups in total. The molecule has 2 aliphatic rings. The first kappa shape index (κ1) is 12.6. The molecule has 0 aromatic heterocycles. The van der Waals surface area contributed by atoms with Crippen molar-refractivity contribution in [2.75, 3.05) is 6.61 Å². The fourth-order valence-corrected chi connectivity index (χ4v) is 2.20. The number of nitrogens with zero attached hydrogens (tertiary/aromatic N) is 1. The standard InChI is InChI=1S/C8H12N2O6S/c11-3-4-1-2-7(13,14)8(16-4)5(12)9-6(17)10(8)15/h4,11,13-15H,1-3H2,(H,9,12,17). The van der Waals surface area contributed by atoms with Gasteiger partial charge in [0.05, 0.1) is 12.7 Å². The van der Waals surface area contributed by atoms with Gasteiger partial charge in [0.1, 0.15) is 0 Å². The van der Waals surface area contributed by atoms with Crippen molar-refractivity contribution in [2.45, 2.75) is 30.5 Å². The number of amides is 1. The molecule has 1 spiro atoms. The molecule has 2 fully saturated rings. The summed E-state index contributed by atoms with van der Waals surface area (Å²) in [6, 6.07) is 0. The normalized spacial score (nSPS) is 36.5. The van der Waals surface area contributed by atoms with E-state index in [9.17, 15) is 20.2 Å². The summed E-state index contributed by atoms with van der Waals surface area (Å²) in [6.45, 7) is -0.411. The highest BCUT2D eigenvalue weighted by atomic mass is 32.1. The van der Waals surface area contributed by atoms with Gasteiger partial charge in [0.15, 0.2) is 0 Å². The van der Waals surface area contributed by atoms with Crippen LogP contribution in [-0.4, -0.2) is 60.8 Å². The van der Waals surface area contributed by atoms with E-state index in [1.807, 2.05) is 0 Å². The SMILES string of the molecule is O=C1NC(=S)N(O)C12OC(CO)CCC2(O)O. The summed E-state index contributed by atoms with van der Waals surface area (Å²) >= 11 is 4.63. The Hall–Kier alpha value is -0.840. The zero-order valence-corrected chi connectivity index (χ0v) is 9.48. The largest absolute Gasteiger partial charge is 0.394 e. The van der Waals surface area contributed by atoms with Crippen LogP contribution in [-0.2, 0) is 9.53 Å². The Balaban J connectivity index is 2.43. The van der Waals surface area contributed by atoms with Crippen LogP contribution >= 0.6 is 12.2 Å². The Kier molecular flexibility index (Phi) is 2.84. The van der Waals surface area contributed by atoms with Crippen molar-refractivity contribution >= 4 is 23.2 Å². The first-order valence-corrected chi connectivity index (χ1v) is 5.34. The van der Waals surface area contributed by atoms with Crippen LogP contribution in [0.25, 0.3) is 0 Å². The van der Waals surface area contributed by atoms with Crippen molar-refractivity contribution in [1.29, 1.82) is 0 Å². The zero-order valence-electron chi connectivity index (χ0n) is 8.66. The van der Waals surface area contributed by atoms with Crippen molar-refractivity contribution in [1.82, 2.24) is 10.4 Å². The highest BCUT2D eigenvalue weighted by Crippen LogP contribution is 2.40. The lowest BCUT2D eigenvalue weighted by Crippen LogP contribution is -2.70. The molecule has 2 unspecified atom stereocenters. The molecule has 17 heavy (non-hydrogen) atoms. The molecule has 0 radical (unpaired) electrons. The van der Waals surface area contributed by atoms with E-state index in [4.69, 9.17) is 9.84 Å². The minimum absolute atomic E-state index is 0.138. The van der Waals surface area contributed by atoms with Gasteiger partial charge < -0.3 is 20.1 Å². The van der Waals surface area contributed by atoms with Crippen molar-refractivity contribution < 1.29 is 30.1 Å². The molecule has 2 heterocycles. The molecule has 2 saturated heterocycles. The number of nitrogens with one attached hydrogen (secondary N) is 1. The Morgan fingerprint density at radius 2 is 2.24 bits per heavy atom. The van der Waals surface area contributed by atoms with E-state index in [1.54, 1.807) is 0 Å². The van der Waals surface area contributed by atoms with Crippen LogP contribution in [0.15, 0.2) is 0 Å². The number of carbonyl (C=O) groups excluding carboxylic acids is 1. The van der Waals surface area contributed by atoms with Crippen LogP contribution in [0.4, 0.5) is 0 Å². The summed E-state index contributed by atoms with van der Waals surface area (Å²) in [6.07, 6.45) is -0.895. The molecule has 2 aliphatic heterocycles. The summed E-state index contributed by atoms with van der Waals surface area (Å²) in [5.74, 6) is -3.58. The summed E-state index contributed by atoms with van der Waals surface area (Å²) in [7, 11) is 0. The molecular weight excluding hydrogens is 252 g/mol. The number of hydrogen-bond donors (Lipinski definition) is 5. The topological polar surface area (TPSA) is 122 Å². The van der Waals surface area contributed by atoms with Crippen LogP contribution < -0.4 is 5.32 Å². The van der Waals surface area contributed by atoms with Gasteiger partial charge in [-0.1, -0.05) is 0 Å². The number of aliphatic hydroxyl groups is 3. The first-order valence-electron chi connectivity index (χ1n) is 4.93. The highest BCUT2D eigenvalue weighted by Gasteiger charge is 2.68. The Morgan fingerprint density at radius 3 is 2.71 bits per heavy atom. The van der Waals surface area contributed by atoms with Gasteiger partial charge in [0, 0.05) is 6.42 Å². The molecule has 0 aliphatic carbocycles. The number of carbonyl (C=O) groups is 1. The summed E-state index contributed by atoms with van der Waals surface area (Å²) in [5, 5.41) is 40.2. The van der Waals surface area contributed by atoms with Crippen LogP contribution in [0.5, 0.6) is 0 Å². The van der Waals surface area contributed by atoms with E-state index >= 15 is 0 Å². The van der Waals surface area contributed by atoms with Crippen LogP contribution in [0.1, 0.15) is 12.8 Å². The van der Waals surface area contributed by atoms with E-state index in [2.05, 4.69) is 17.5 Å². The summed E-state index contributed by atoms with van der Waals surface area (Å²) < 4.78 is 5.12. The molecule has 0 saturated carbocycles. The van der Waals surface area contributed by atoms with Gasteiger partial charge in [-0.15, -0.1) is 0 Å². The van der Waals surface area contributed by atoms with Crippen molar-refractivity contribution in [3.05, 3.63) is 0 Å². The second kappa shape index (κ2) is 3.83. The predicted molar refractivity (Wildman–Crippen MR) is 55.5 cm³/mol. The lowest BCUT2D eigenvalue weighted by Gasteiger charge is -2.46. The number of rotatable bonds is 1. The van der Waals surface area contributed by atoms with Crippen LogP contribution in [0.2, 0.25) is 0 Å². The number of hydrogen-bond acceptors (Lipinski definition) is 7. The molecular formula is C8H12N2O6S. The molecule has 9 heteroatoms.